The Hall–Kier alpha value is -3.59. The number of para-hydroxylation sites is 2. The fourth-order valence-electron chi connectivity index (χ4n) is 3.23. The summed E-state index contributed by atoms with van der Waals surface area (Å²) in [6, 6.07) is 15.0. The van der Waals surface area contributed by atoms with Crippen molar-refractivity contribution in [1.82, 2.24) is 14.8 Å². The quantitative estimate of drug-likeness (QED) is 0.310. The van der Waals surface area contributed by atoms with Crippen LogP contribution in [0.2, 0.25) is 0 Å². The summed E-state index contributed by atoms with van der Waals surface area (Å²) in [6.07, 6.45) is 1.72. The molecule has 2 aromatic carbocycles. The molecule has 0 aliphatic heterocycles. The van der Waals surface area contributed by atoms with E-state index in [1.807, 2.05) is 36.4 Å². The van der Waals surface area contributed by atoms with Crippen LogP contribution in [0.15, 0.2) is 66.3 Å². The molecule has 2 amide bonds. The molecule has 3 aromatic rings. The third-order valence-corrected chi connectivity index (χ3v) is 5.97. The molecule has 0 radical (unpaired) electrons. The Balaban J connectivity index is 1.61. The van der Waals surface area contributed by atoms with Crippen molar-refractivity contribution in [2.45, 2.75) is 37.9 Å². The van der Waals surface area contributed by atoms with Crippen molar-refractivity contribution in [2.24, 2.45) is 0 Å². The van der Waals surface area contributed by atoms with E-state index in [1.54, 1.807) is 29.9 Å². The van der Waals surface area contributed by atoms with Gasteiger partial charge in [-0.05, 0) is 35.7 Å². The lowest BCUT2D eigenvalue weighted by molar-refractivity contribution is -0.116. The van der Waals surface area contributed by atoms with Gasteiger partial charge in [0.15, 0.2) is 5.16 Å². The summed E-state index contributed by atoms with van der Waals surface area (Å²) in [5.74, 6) is 1.26. The normalized spacial score (nSPS) is 10.7. The molecule has 0 spiro atoms. The number of ether oxygens (including phenoxy) is 1. The molecule has 0 bridgehead atoms. The maximum Gasteiger partial charge on any atom is 0.234 e. The molecule has 0 fully saturated rings. The maximum absolute atomic E-state index is 12.6. The van der Waals surface area contributed by atoms with Gasteiger partial charge >= 0.3 is 0 Å². The van der Waals surface area contributed by atoms with Crippen molar-refractivity contribution in [3.8, 4) is 5.75 Å². The van der Waals surface area contributed by atoms with Crippen LogP contribution in [0.4, 0.5) is 11.4 Å². The maximum atomic E-state index is 12.6. The summed E-state index contributed by atoms with van der Waals surface area (Å²) < 4.78 is 7.06. The minimum absolute atomic E-state index is 0.0217. The zero-order chi connectivity index (χ0) is 24.5. The Kier molecular flexibility index (Phi) is 8.86. The zero-order valence-electron chi connectivity index (χ0n) is 19.6. The molecule has 0 saturated heterocycles. The van der Waals surface area contributed by atoms with Gasteiger partial charge in [-0.2, -0.15) is 0 Å². The fraction of sp³-hybridized carbons (Fsp3) is 0.280. The molecular weight excluding hydrogens is 450 g/mol. The summed E-state index contributed by atoms with van der Waals surface area (Å²) >= 11 is 1.26. The number of aromatic nitrogens is 3. The number of hydrogen-bond acceptors (Lipinski definition) is 6. The SMILES string of the molecule is C=CCn1c(CC(=O)Nc2ccccc2OC)nnc1SCC(=O)Nc1ccc(C(C)C)cc1. The highest BCUT2D eigenvalue weighted by molar-refractivity contribution is 7.99. The first-order chi connectivity index (χ1) is 16.4. The topological polar surface area (TPSA) is 98.1 Å². The summed E-state index contributed by atoms with van der Waals surface area (Å²) in [5, 5.41) is 14.6. The van der Waals surface area contributed by atoms with Crippen molar-refractivity contribution >= 4 is 35.0 Å². The van der Waals surface area contributed by atoms with Crippen LogP contribution in [-0.4, -0.2) is 39.4 Å². The van der Waals surface area contributed by atoms with Gasteiger partial charge in [0.2, 0.25) is 11.8 Å². The second-order valence-corrected chi connectivity index (χ2v) is 8.78. The van der Waals surface area contributed by atoms with Crippen LogP contribution < -0.4 is 15.4 Å². The van der Waals surface area contributed by atoms with E-state index in [4.69, 9.17) is 4.74 Å². The summed E-state index contributed by atoms with van der Waals surface area (Å²) in [5.41, 5.74) is 2.54. The number of rotatable bonds is 11. The van der Waals surface area contributed by atoms with E-state index in [-0.39, 0.29) is 24.0 Å². The zero-order valence-corrected chi connectivity index (χ0v) is 20.4. The minimum Gasteiger partial charge on any atom is -0.495 e. The number of hydrogen-bond donors (Lipinski definition) is 2. The summed E-state index contributed by atoms with van der Waals surface area (Å²) in [7, 11) is 1.55. The Bertz CT molecular complexity index is 1140. The number of thioether (sulfide) groups is 1. The Morgan fingerprint density at radius 3 is 2.50 bits per heavy atom. The van der Waals surface area contributed by atoms with E-state index in [0.717, 1.165) is 5.69 Å². The largest absolute Gasteiger partial charge is 0.495 e. The smallest absolute Gasteiger partial charge is 0.234 e. The molecule has 178 valence electrons. The number of nitrogens with zero attached hydrogens (tertiary/aromatic N) is 3. The van der Waals surface area contributed by atoms with Crippen molar-refractivity contribution in [3.05, 3.63) is 72.6 Å². The number of anilines is 2. The van der Waals surface area contributed by atoms with Gasteiger partial charge in [-0.1, -0.05) is 56.0 Å². The molecule has 0 aliphatic carbocycles. The fourth-order valence-corrected chi connectivity index (χ4v) is 4.00. The van der Waals surface area contributed by atoms with Gasteiger partial charge in [-0.25, -0.2) is 0 Å². The van der Waals surface area contributed by atoms with Crippen molar-refractivity contribution in [3.63, 3.8) is 0 Å². The van der Waals surface area contributed by atoms with Gasteiger partial charge in [-0.3, -0.25) is 9.59 Å². The van der Waals surface area contributed by atoms with Crippen LogP contribution in [0.1, 0.15) is 31.2 Å². The van der Waals surface area contributed by atoms with Crippen LogP contribution in [0.3, 0.4) is 0 Å². The first-order valence-corrected chi connectivity index (χ1v) is 11.9. The van der Waals surface area contributed by atoms with Crippen molar-refractivity contribution in [2.75, 3.05) is 23.5 Å². The van der Waals surface area contributed by atoms with Crippen LogP contribution >= 0.6 is 11.8 Å². The van der Waals surface area contributed by atoms with Gasteiger partial charge < -0.3 is 19.9 Å². The van der Waals surface area contributed by atoms with E-state index in [0.29, 0.717) is 34.9 Å². The number of carbonyl (C=O) groups excluding carboxylic acids is 2. The second-order valence-electron chi connectivity index (χ2n) is 7.84. The number of carbonyl (C=O) groups is 2. The monoisotopic (exact) mass is 479 g/mol. The van der Waals surface area contributed by atoms with E-state index in [9.17, 15) is 9.59 Å². The second kappa shape index (κ2) is 12.0. The third-order valence-electron chi connectivity index (χ3n) is 5.00. The van der Waals surface area contributed by atoms with Crippen LogP contribution in [-0.2, 0) is 22.6 Å². The van der Waals surface area contributed by atoms with Gasteiger partial charge in [0.05, 0.1) is 25.0 Å². The number of amides is 2. The number of benzene rings is 2. The predicted molar refractivity (Wildman–Crippen MR) is 135 cm³/mol. The molecule has 1 aromatic heterocycles. The van der Waals surface area contributed by atoms with Crippen molar-refractivity contribution < 1.29 is 14.3 Å². The predicted octanol–water partition coefficient (Wildman–Crippen LogP) is 4.51. The van der Waals surface area contributed by atoms with E-state index in [1.165, 1.54) is 17.3 Å². The molecule has 0 aliphatic rings. The Morgan fingerprint density at radius 1 is 1.09 bits per heavy atom. The minimum atomic E-state index is -0.249. The number of allylic oxidation sites excluding steroid dienone is 1. The highest BCUT2D eigenvalue weighted by Crippen LogP contribution is 2.24. The lowest BCUT2D eigenvalue weighted by Crippen LogP contribution is -2.18. The molecule has 0 atom stereocenters. The van der Waals surface area contributed by atoms with E-state index < -0.39 is 0 Å². The third kappa shape index (κ3) is 6.71. The van der Waals surface area contributed by atoms with Crippen molar-refractivity contribution in [1.29, 1.82) is 0 Å². The molecule has 9 heteroatoms. The summed E-state index contributed by atoms with van der Waals surface area (Å²) in [6.45, 7) is 8.45. The highest BCUT2D eigenvalue weighted by Gasteiger charge is 2.17. The van der Waals surface area contributed by atoms with Crippen LogP contribution in [0, 0.1) is 0 Å². The first kappa shape index (κ1) is 25.0. The lowest BCUT2D eigenvalue weighted by Gasteiger charge is -2.11. The first-order valence-electron chi connectivity index (χ1n) is 10.9. The lowest BCUT2D eigenvalue weighted by atomic mass is 10.0. The summed E-state index contributed by atoms with van der Waals surface area (Å²) in [4.78, 5) is 25.0. The number of methoxy groups -OCH3 is 1. The molecule has 0 unspecified atom stereocenters. The van der Waals surface area contributed by atoms with Crippen LogP contribution in [0.5, 0.6) is 5.75 Å². The average molecular weight is 480 g/mol. The van der Waals surface area contributed by atoms with Gasteiger partial charge in [0.1, 0.15) is 11.6 Å². The molecule has 2 N–H and O–H groups in total. The van der Waals surface area contributed by atoms with E-state index in [2.05, 4.69) is 41.3 Å². The Labute approximate surface area is 203 Å². The molecular formula is C25H29N5O3S. The van der Waals surface area contributed by atoms with Gasteiger partial charge in [-0.15, -0.1) is 16.8 Å². The van der Waals surface area contributed by atoms with E-state index >= 15 is 0 Å². The molecule has 1 heterocycles. The number of nitrogens with one attached hydrogen (secondary N) is 2. The molecule has 0 saturated carbocycles. The van der Waals surface area contributed by atoms with Gasteiger partial charge in [0, 0.05) is 12.2 Å². The molecule has 34 heavy (non-hydrogen) atoms. The average Bonchev–Trinajstić information content (AvgIpc) is 3.19. The van der Waals surface area contributed by atoms with Gasteiger partial charge in [0.25, 0.3) is 0 Å². The highest BCUT2D eigenvalue weighted by atomic mass is 32.2. The Morgan fingerprint density at radius 2 is 1.82 bits per heavy atom. The molecule has 8 nitrogen and oxygen atoms in total. The van der Waals surface area contributed by atoms with Crippen LogP contribution in [0.25, 0.3) is 0 Å². The standard InChI is InChI=1S/C25H29N5O3S/c1-5-14-30-22(15-23(31)27-20-8-6-7-9-21(20)33-4)28-29-25(30)34-16-24(32)26-19-12-10-18(11-13-19)17(2)3/h5-13,17H,1,14-16H2,2-4H3,(H,26,32)(H,27,31). The molecule has 3 rings (SSSR count).